The minimum absolute atomic E-state index is 0.297. The van der Waals surface area contributed by atoms with Gasteiger partial charge in [-0.1, -0.05) is 51.7 Å². The lowest BCUT2D eigenvalue weighted by molar-refractivity contribution is -0.204. The van der Waals surface area contributed by atoms with E-state index < -0.39 is 17.6 Å². The second-order valence-corrected chi connectivity index (χ2v) is 13.9. The normalized spacial score (nSPS) is 31.5. The lowest BCUT2D eigenvalue weighted by atomic mass is 9.85. The van der Waals surface area contributed by atoms with Crippen LogP contribution in [0.15, 0.2) is 12.2 Å². The zero-order valence-corrected chi connectivity index (χ0v) is 24.2. The first-order valence-electron chi connectivity index (χ1n) is 14.7. The summed E-state index contributed by atoms with van der Waals surface area (Å²) >= 11 is 4.19. The summed E-state index contributed by atoms with van der Waals surface area (Å²) in [6, 6.07) is 0. The van der Waals surface area contributed by atoms with Gasteiger partial charge in [0, 0.05) is 30.5 Å². The Hall–Kier alpha value is 0.210. The van der Waals surface area contributed by atoms with E-state index in [-0.39, 0.29) is 6.29 Å². The predicted octanol–water partition coefficient (Wildman–Crippen LogP) is 7.90. The minimum atomic E-state index is -1.37. The van der Waals surface area contributed by atoms with Gasteiger partial charge in [0.2, 0.25) is 0 Å². The quantitative estimate of drug-likeness (QED) is 0.163. The first kappa shape index (κ1) is 29.2. The van der Waals surface area contributed by atoms with Crippen molar-refractivity contribution in [3.05, 3.63) is 12.2 Å². The number of alkyl halides is 1. The molecular weight excluding hydrogens is 495 g/mol. The Morgan fingerprint density at radius 1 is 1.03 bits per heavy atom. The Kier molecular flexibility index (Phi) is 11.8. The van der Waals surface area contributed by atoms with Crippen molar-refractivity contribution in [1.82, 2.24) is 0 Å². The number of unbranched alkanes of at least 4 members (excludes halogenated alkanes) is 3. The van der Waals surface area contributed by atoms with Gasteiger partial charge in [0.05, 0.1) is 17.8 Å². The molecule has 208 valence electrons. The zero-order valence-electron chi connectivity index (χ0n) is 22.6. The van der Waals surface area contributed by atoms with Crippen LogP contribution in [-0.2, 0) is 18.9 Å². The molecule has 0 N–H and O–H groups in total. The summed E-state index contributed by atoms with van der Waals surface area (Å²) in [4.78, 5) is 0. The van der Waals surface area contributed by atoms with Crippen LogP contribution in [-0.4, -0.2) is 59.8 Å². The lowest BCUT2D eigenvalue weighted by Gasteiger charge is -2.36. The first-order valence-corrected chi connectivity index (χ1v) is 16.8. The highest BCUT2D eigenvalue weighted by atomic mass is 32.2. The molecular formula is C29H49FO4S2. The standard InChI is InChI=1S/C29H49FO4S2/c1-3-5-6-8-16-28(30,4-2)25(34-26-10-7-9-18-31-26)13-11-23-15-17-29(32-19-20-33-29)24(23)12-14-27-35-21-22-36-27/h11,13,23-27H,3-10,12,14-22H2,1-2H3. The topological polar surface area (TPSA) is 36.9 Å². The number of rotatable bonds is 14. The van der Waals surface area contributed by atoms with Gasteiger partial charge in [-0.05, 0) is 57.3 Å². The van der Waals surface area contributed by atoms with Crippen LogP contribution in [0.3, 0.4) is 0 Å². The molecule has 3 heterocycles. The highest BCUT2D eigenvalue weighted by Gasteiger charge is 2.52. The Balaban J connectivity index is 1.47. The molecule has 0 aromatic heterocycles. The Bertz CT molecular complexity index is 662. The average molecular weight is 545 g/mol. The maximum Gasteiger partial charge on any atom is 0.171 e. The van der Waals surface area contributed by atoms with Crippen LogP contribution >= 0.6 is 23.5 Å². The molecule has 5 atom stereocenters. The molecule has 5 unspecified atom stereocenters. The van der Waals surface area contributed by atoms with E-state index in [1.54, 1.807) is 0 Å². The summed E-state index contributed by atoms with van der Waals surface area (Å²) in [6.07, 6.45) is 16.0. The minimum Gasteiger partial charge on any atom is -0.353 e. The zero-order chi connectivity index (χ0) is 25.3. The average Bonchev–Trinajstić information content (AvgIpc) is 3.67. The van der Waals surface area contributed by atoms with Crippen LogP contribution in [0.25, 0.3) is 0 Å². The van der Waals surface area contributed by atoms with Crippen LogP contribution < -0.4 is 0 Å². The van der Waals surface area contributed by atoms with Gasteiger partial charge in [-0.15, -0.1) is 23.5 Å². The Morgan fingerprint density at radius 3 is 2.53 bits per heavy atom. The third kappa shape index (κ3) is 7.65. The molecule has 1 spiro atoms. The van der Waals surface area contributed by atoms with Crippen LogP contribution in [0.5, 0.6) is 0 Å². The third-order valence-corrected chi connectivity index (χ3v) is 11.8. The van der Waals surface area contributed by atoms with E-state index in [1.807, 2.05) is 6.92 Å². The number of hydrogen-bond acceptors (Lipinski definition) is 6. The summed E-state index contributed by atoms with van der Waals surface area (Å²) in [5.41, 5.74) is -1.37. The van der Waals surface area contributed by atoms with E-state index in [0.717, 1.165) is 64.2 Å². The summed E-state index contributed by atoms with van der Waals surface area (Å²) in [6.45, 7) is 6.25. The van der Waals surface area contributed by atoms with Crippen LogP contribution in [0, 0.1) is 11.8 Å². The van der Waals surface area contributed by atoms with Crippen molar-refractivity contribution in [3.63, 3.8) is 0 Å². The van der Waals surface area contributed by atoms with Gasteiger partial charge >= 0.3 is 0 Å². The molecule has 3 saturated heterocycles. The molecule has 0 bridgehead atoms. The molecule has 4 fully saturated rings. The summed E-state index contributed by atoms with van der Waals surface area (Å²) in [5.74, 6) is 2.74. The highest BCUT2D eigenvalue weighted by Crippen LogP contribution is 2.50. The third-order valence-electron chi connectivity index (χ3n) is 8.60. The van der Waals surface area contributed by atoms with E-state index in [0.29, 0.717) is 49.1 Å². The van der Waals surface area contributed by atoms with E-state index >= 15 is 4.39 Å². The van der Waals surface area contributed by atoms with Crippen LogP contribution in [0.1, 0.15) is 97.3 Å². The van der Waals surface area contributed by atoms with Crippen LogP contribution in [0.2, 0.25) is 0 Å². The smallest absolute Gasteiger partial charge is 0.171 e. The highest BCUT2D eigenvalue weighted by molar-refractivity contribution is 8.20. The fraction of sp³-hybridized carbons (Fsp3) is 0.931. The first-order chi connectivity index (χ1) is 17.6. The van der Waals surface area contributed by atoms with Gasteiger partial charge in [0.1, 0.15) is 11.8 Å². The summed E-state index contributed by atoms with van der Waals surface area (Å²) in [5, 5.41) is 0. The number of hydrogen-bond donors (Lipinski definition) is 0. The predicted molar refractivity (Wildman–Crippen MR) is 149 cm³/mol. The maximum atomic E-state index is 16.5. The fourth-order valence-corrected chi connectivity index (χ4v) is 9.26. The summed E-state index contributed by atoms with van der Waals surface area (Å²) < 4.78 is 42.0. The molecule has 1 aliphatic carbocycles. The SMILES string of the molecule is CCCCCCC(F)(CC)C(C=CC1CCC2(OCCO2)C1CCC1SCCS1)OC1CCCCO1. The monoisotopic (exact) mass is 544 g/mol. The molecule has 36 heavy (non-hydrogen) atoms. The lowest BCUT2D eigenvalue weighted by Crippen LogP contribution is -2.42. The van der Waals surface area contributed by atoms with Gasteiger partial charge in [0.15, 0.2) is 12.1 Å². The molecule has 0 amide bonds. The number of allylic oxidation sites excluding steroid dienone is 1. The van der Waals surface area contributed by atoms with Gasteiger partial charge < -0.3 is 18.9 Å². The van der Waals surface area contributed by atoms with Crippen molar-refractivity contribution in [2.75, 3.05) is 31.3 Å². The van der Waals surface area contributed by atoms with Gasteiger partial charge in [-0.2, -0.15) is 0 Å². The van der Waals surface area contributed by atoms with Crippen molar-refractivity contribution in [2.45, 2.75) is 126 Å². The molecule has 4 aliphatic rings. The molecule has 0 radical (unpaired) electrons. The van der Waals surface area contributed by atoms with Crippen molar-refractivity contribution in [3.8, 4) is 0 Å². The maximum absolute atomic E-state index is 16.5. The Labute approximate surface area is 227 Å². The number of thioether (sulfide) groups is 2. The van der Waals surface area contributed by atoms with E-state index in [1.165, 1.54) is 17.9 Å². The molecule has 3 aliphatic heterocycles. The molecule has 0 aromatic rings. The van der Waals surface area contributed by atoms with Gasteiger partial charge in [0.25, 0.3) is 0 Å². The van der Waals surface area contributed by atoms with Crippen molar-refractivity contribution < 1.29 is 23.3 Å². The van der Waals surface area contributed by atoms with Gasteiger partial charge in [-0.25, -0.2) is 4.39 Å². The van der Waals surface area contributed by atoms with Crippen molar-refractivity contribution in [1.29, 1.82) is 0 Å². The van der Waals surface area contributed by atoms with E-state index in [2.05, 4.69) is 42.6 Å². The molecule has 7 heteroatoms. The second kappa shape index (κ2) is 14.6. The molecule has 1 saturated carbocycles. The van der Waals surface area contributed by atoms with Crippen molar-refractivity contribution >= 4 is 23.5 Å². The Morgan fingerprint density at radius 2 is 1.83 bits per heavy atom. The van der Waals surface area contributed by atoms with E-state index in [9.17, 15) is 0 Å². The van der Waals surface area contributed by atoms with Crippen LogP contribution in [0.4, 0.5) is 4.39 Å². The largest absolute Gasteiger partial charge is 0.353 e. The number of halogens is 1. The summed E-state index contributed by atoms with van der Waals surface area (Å²) in [7, 11) is 0. The molecule has 4 nitrogen and oxygen atoms in total. The van der Waals surface area contributed by atoms with Gasteiger partial charge in [-0.3, -0.25) is 0 Å². The van der Waals surface area contributed by atoms with Crippen molar-refractivity contribution in [2.24, 2.45) is 11.8 Å². The fourth-order valence-electron chi connectivity index (χ4n) is 6.39. The van der Waals surface area contributed by atoms with E-state index in [4.69, 9.17) is 18.9 Å². The molecule has 4 rings (SSSR count). The number of ether oxygens (including phenoxy) is 4. The molecule has 0 aromatic carbocycles. The second-order valence-electron chi connectivity index (χ2n) is 11.0.